The minimum atomic E-state index is 0.950. The van der Waals surface area contributed by atoms with E-state index in [0.717, 1.165) is 39.3 Å². The van der Waals surface area contributed by atoms with Crippen molar-refractivity contribution in [2.45, 2.75) is 0 Å². The molecule has 5 aromatic carbocycles. The first-order valence-electron chi connectivity index (χ1n) is 14.5. The van der Waals surface area contributed by atoms with Gasteiger partial charge in [0, 0.05) is 40.0 Å². The monoisotopic (exact) mass is 549 g/mol. The molecule has 8 rings (SSSR count). The molecule has 3 nitrogen and oxygen atoms in total. The zero-order valence-corrected chi connectivity index (χ0v) is 23.4. The molecule has 3 heterocycles. The normalized spacial score (nSPS) is 11.3. The lowest BCUT2D eigenvalue weighted by molar-refractivity contribution is 1.18. The van der Waals surface area contributed by atoms with Crippen LogP contribution in [0.5, 0.6) is 0 Å². The number of pyridine rings is 2. The van der Waals surface area contributed by atoms with E-state index in [-0.39, 0.29) is 0 Å². The van der Waals surface area contributed by atoms with Gasteiger partial charge in [0.05, 0.1) is 22.4 Å². The van der Waals surface area contributed by atoms with E-state index in [1.807, 2.05) is 30.6 Å². The maximum atomic E-state index is 4.80. The summed E-state index contributed by atoms with van der Waals surface area (Å²) in [6.45, 7) is 0. The Morgan fingerprint density at radius 3 is 1.84 bits per heavy atom. The van der Waals surface area contributed by atoms with Crippen LogP contribution in [0.3, 0.4) is 0 Å². The zero-order valence-electron chi connectivity index (χ0n) is 23.4. The molecule has 0 amide bonds. The van der Waals surface area contributed by atoms with Gasteiger partial charge in [-0.25, -0.2) is 0 Å². The maximum absolute atomic E-state index is 4.80. The van der Waals surface area contributed by atoms with Crippen molar-refractivity contribution in [3.63, 3.8) is 0 Å². The lowest BCUT2D eigenvalue weighted by atomic mass is 9.99. The lowest BCUT2D eigenvalue weighted by Gasteiger charge is -2.11. The van der Waals surface area contributed by atoms with Gasteiger partial charge in [-0.05, 0) is 70.8 Å². The van der Waals surface area contributed by atoms with Crippen molar-refractivity contribution < 1.29 is 0 Å². The van der Waals surface area contributed by atoms with E-state index < -0.39 is 0 Å². The highest BCUT2D eigenvalue weighted by molar-refractivity contribution is 6.10. The summed E-state index contributed by atoms with van der Waals surface area (Å²) in [4.78, 5) is 9.39. The van der Waals surface area contributed by atoms with E-state index in [9.17, 15) is 0 Å². The van der Waals surface area contributed by atoms with Crippen molar-refractivity contribution in [2.24, 2.45) is 0 Å². The third-order valence-electron chi connectivity index (χ3n) is 8.12. The van der Waals surface area contributed by atoms with Crippen LogP contribution >= 0.6 is 0 Å². The summed E-state index contributed by atoms with van der Waals surface area (Å²) >= 11 is 0. The molecule has 0 aliphatic rings. The number of hydrogen-bond acceptors (Lipinski definition) is 2. The van der Waals surface area contributed by atoms with Crippen LogP contribution in [-0.2, 0) is 0 Å². The summed E-state index contributed by atoms with van der Waals surface area (Å²) in [6.07, 6.45) is 3.75. The second-order valence-electron chi connectivity index (χ2n) is 10.7. The van der Waals surface area contributed by atoms with Gasteiger partial charge in [-0.2, -0.15) is 0 Å². The molecule has 8 aromatic rings. The third-order valence-corrected chi connectivity index (χ3v) is 8.12. The number of fused-ring (bicyclic) bond motifs is 3. The summed E-state index contributed by atoms with van der Waals surface area (Å²) in [7, 11) is 0. The summed E-state index contributed by atoms with van der Waals surface area (Å²) < 4.78 is 2.35. The van der Waals surface area contributed by atoms with Crippen molar-refractivity contribution in [3.05, 3.63) is 164 Å². The van der Waals surface area contributed by atoms with Crippen LogP contribution in [0.15, 0.2) is 164 Å². The summed E-state index contributed by atoms with van der Waals surface area (Å²) in [5.41, 5.74) is 12.3. The second kappa shape index (κ2) is 10.6. The van der Waals surface area contributed by atoms with Crippen LogP contribution < -0.4 is 0 Å². The molecule has 3 aromatic heterocycles. The fourth-order valence-corrected chi connectivity index (χ4v) is 6.00. The number of hydrogen-bond donors (Lipinski definition) is 0. The predicted molar refractivity (Wildman–Crippen MR) is 178 cm³/mol. The highest BCUT2D eigenvalue weighted by Crippen LogP contribution is 2.36. The molecular weight excluding hydrogens is 522 g/mol. The Kier molecular flexibility index (Phi) is 6.12. The Balaban J connectivity index is 1.23. The van der Waals surface area contributed by atoms with E-state index in [2.05, 4.69) is 143 Å². The van der Waals surface area contributed by atoms with Crippen molar-refractivity contribution in [1.82, 2.24) is 14.5 Å². The Morgan fingerprint density at radius 2 is 1.00 bits per heavy atom. The average Bonchev–Trinajstić information content (AvgIpc) is 3.43. The molecule has 0 aliphatic carbocycles. The van der Waals surface area contributed by atoms with Crippen molar-refractivity contribution in [3.8, 4) is 50.5 Å². The van der Waals surface area contributed by atoms with Crippen LogP contribution in [0.4, 0.5) is 0 Å². The number of aromatic nitrogens is 3. The highest BCUT2D eigenvalue weighted by atomic mass is 15.0. The summed E-state index contributed by atoms with van der Waals surface area (Å²) in [6, 6.07) is 53.5. The maximum Gasteiger partial charge on any atom is 0.0708 e. The summed E-state index contributed by atoms with van der Waals surface area (Å²) in [5, 5.41) is 2.45. The Labute approximate surface area is 250 Å². The Hall–Kier alpha value is -5.80. The molecule has 3 heteroatoms. The number of rotatable bonds is 5. The molecule has 0 atom stereocenters. The first-order chi connectivity index (χ1) is 21.3. The van der Waals surface area contributed by atoms with Gasteiger partial charge in [0.1, 0.15) is 0 Å². The van der Waals surface area contributed by atoms with E-state index in [1.54, 1.807) is 0 Å². The fourth-order valence-electron chi connectivity index (χ4n) is 6.00. The largest absolute Gasteiger partial charge is 0.309 e. The quantitative estimate of drug-likeness (QED) is 0.214. The molecule has 0 fully saturated rings. The molecule has 0 bridgehead atoms. The number of nitrogens with zero attached hydrogens (tertiary/aromatic N) is 3. The molecule has 0 spiro atoms. The van der Waals surface area contributed by atoms with Crippen LogP contribution in [0.2, 0.25) is 0 Å². The minimum Gasteiger partial charge on any atom is -0.309 e. The van der Waals surface area contributed by atoms with E-state index in [1.165, 1.54) is 33.0 Å². The van der Waals surface area contributed by atoms with Gasteiger partial charge in [0.25, 0.3) is 0 Å². The standard InChI is InChI=1S/C40H27N3/c1-2-9-28(10-3-1)29-16-18-30(19-17-29)31-22-24-42-38(26-31)33-20-21-36-35-13-4-5-15-39(35)43(40(36)27-33)34-12-8-11-32(25-34)37-14-6-7-23-41-37/h1-27H. The van der Waals surface area contributed by atoms with E-state index >= 15 is 0 Å². The molecule has 202 valence electrons. The van der Waals surface area contributed by atoms with Gasteiger partial charge in [-0.3, -0.25) is 9.97 Å². The zero-order chi connectivity index (χ0) is 28.6. The topological polar surface area (TPSA) is 30.7 Å². The molecule has 0 saturated heterocycles. The van der Waals surface area contributed by atoms with Crippen LogP contribution in [-0.4, -0.2) is 14.5 Å². The van der Waals surface area contributed by atoms with Gasteiger partial charge in [-0.1, -0.05) is 103 Å². The Morgan fingerprint density at radius 1 is 0.349 bits per heavy atom. The van der Waals surface area contributed by atoms with E-state index in [0.29, 0.717) is 0 Å². The Bertz CT molecular complexity index is 2210. The van der Waals surface area contributed by atoms with Crippen LogP contribution in [0.1, 0.15) is 0 Å². The molecule has 43 heavy (non-hydrogen) atoms. The van der Waals surface area contributed by atoms with Crippen molar-refractivity contribution in [2.75, 3.05) is 0 Å². The fraction of sp³-hybridized carbons (Fsp3) is 0. The molecule has 0 N–H and O–H groups in total. The highest BCUT2D eigenvalue weighted by Gasteiger charge is 2.14. The minimum absolute atomic E-state index is 0.950. The number of para-hydroxylation sites is 1. The lowest BCUT2D eigenvalue weighted by Crippen LogP contribution is -1.95. The van der Waals surface area contributed by atoms with Gasteiger partial charge < -0.3 is 4.57 Å². The molecular formula is C40H27N3. The molecule has 0 saturated carbocycles. The molecule has 0 radical (unpaired) electrons. The average molecular weight is 550 g/mol. The predicted octanol–water partition coefficient (Wildman–Crippen LogP) is 10.2. The SMILES string of the molecule is c1ccc(-c2ccc(-c3ccnc(-c4ccc5c6ccccc6n(-c6cccc(-c7ccccn7)c6)c5c4)c3)cc2)cc1. The van der Waals surface area contributed by atoms with Crippen LogP contribution in [0, 0.1) is 0 Å². The van der Waals surface area contributed by atoms with Gasteiger partial charge >= 0.3 is 0 Å². The second-order valence-corrected chi connectivity index (χ2v) is 10.7. The smallest absolute Gasteiger partial charge is 0.0708 e. The molecule has 0 aliphatic heterocycles. The van der Waals surface area contributed by atoms with Crippen LogP contribution in [0.25, 0.3) is 72.3 Å². The third kappa shape index (κ3) is 4.58. The van der Waals surface area contributed by atoms with Gasteiger partial charge in [0.15, 0.2) is 0 Å². The molecule has 0 unspecified atom stereocenters. The van der Waals surface area contributed by atoms with Gasteiger partial charge in [-0.15, -0.1) is 0 Å². The van der Waals surface area contributed by atoms with E-state index in [4.69, 9.17) is 4.98 Å². The number of benzene rings is 5. The van der Waals surface area contributed by atoms with Crippen molar-refractivity contribution in [1.29, 1.82) is 0 Å². The first kappa shape index (κ1) is 25.0. The first-order valence-corrected chi connectivity index (χ1v) is 14.5. The van der Waals surface area contributed by atoms with Gasteiger partial charge in [0.2, 0.25) is 0 Å². The van der Waals surface area contributed by atoms with Crippen molar-refractivity contribution >= 4 is 21.8 Å². The summed E-state index contributed by atoms with van der Waals surface area (Å²) in [5.74, 6) is 0.